The zero-order valence-corrected chi connectivity index (χ0v) is 14.5. The van der Waals surface area contributed by atoms with E-state index in [0.717, 1.165) is 0 Å². The largest absolute Gasteiger partial charge is 0.424 e. The normalized spacial score (nSPS) is 11.1. The number of ether oxygens (including phenoxy) is 1. The Morgan fingerprint density at radius 3 is 2.40 bits per heavy atom. The van der Waals surface area contributed by atoms with Crippen molar-refractivity contribution in [2.24, 2.45) is 0 Å². The smallest absolute Gasteiger partial charge is 0.322 e. The van der Waals surface area contributed by atoms with Gasteiger partial charge in [-0.25, -0.2) is 18.4 Å². The highest BCUT2D eigenvalue weighted by atomic mass is 35.5. The van der Waals surface area contributed by atoms with E-state index in [9.17, 15) is 8.42 Å². The van der Waals surface area contributed by atoms with Crippen molar-refractivity contribution in [2.75, 3.05) is 4.72 Å². The standard InChI is InChI=1S/C17H14ClN3O3S/c18-14-6-4-5-13(9-14)12-25(22,23)21-15-10-19-17(20-11-15)24-16-7-2-1-3-8-16/h1-11,21H,12H2. The number of benzene rings is 2. The van der Waals surface area contributed by atoms with Gasteiger partial charge in [0.2, 0.25) is 10.0 Å². The summed E-state index contributed by atoms with van der Waals surface area (Å²) in [5.41, 5.74) is 0.840. The van der Waals surface area contributed by atoms with E-state index in [-0.39, 0.29) is 17.5 Å². The number of nitrogens with zero attached hydrogens (tertiary/aromatic N) is 2. The van der Waals surface area contributed by atoms with Crippen molar-refractivity contribution in [3.8, 4) is 11.8 Å². The van der Waals surface area contributed by atoms with Crippen LogP contribution in [-0.4, -0.2) is 18.4 Å². The molecular formula is C17H14ClN3O3S. The minimum absolute atomic E-state index is 0.129. The minimum atomic E-state index is -3.61. The van der Waals surface area contributed by atoms with Crippen molar-refractivity contribution in [3.05, 3.63) is 77.6 Å². The summed E-state index contributed by atoms with van der Waals surface area (Å²) in [7, 11) is -3.61. The quantitative estimate of drug-likeness (QED) is 0.707. The summed E-state index contributed by atoms with van der Waals surface area (Å²) in [5.74, 6) is 0.396. The van der Waals surface area contributed by atoms with Crippen LogP contribution in [0.15, 0.2) is 67.0 Å². The highest BCUT2D eigenvalue weighted by Gasteiger charge is 2.13. The van der Waals surface area contributed by atoms with Crippen molar-refractivity contribution in [1.29, 1.82) is 0 Å². The summed E-state index contributed by atoms with van der Waals surface area (Å²) in [6.45, 7) is 0. The Hall–Kier alpha value is -2.64. The van der Waals surface area contributed by atoms with Gasteiger partial charge < -0.3 is 4.74 Å². The number of rotatable bonds is 6. The van der Waals surface area contributed by atoms with Crippen LogP contribution in [0.25, 0.3) is 0 Å². The summed E-state index contributed by atoms with van der Waals surface area (Å²) in [5, 5.41) is 0.485. The number of anilines is 1. The lowest BCUT2D eigenvalue weighted by molar-refractivity contribution is 0.442. The fraction of sp³-hybridized carbons (Fsp3) is 0.0588. The number of para-hydroxylation sites is 1. The average molecular weight is 376 g/mol. The van der Waals surface area contributed by atoms with E-state index in [2.05, 4.69) is 14.7 Å². The Labute approximate surface area is 150 Å². The Morgan fingerprint density at radius 1 is 1.00 bits per heavy atom. The molecule has 0 aliphatic carbocycles. The fourth-order valence-corrected chi connectivity index (χ4v) is 3.45. The van der Waals surface area contributed by atoms with Gasteiger partial charge in [0.15, 0.2) is 0 Å². The number of hydrogen-bond acceptors (Lipinski definition) is 5. The molecule has 0 aliphatic rings. The lowest BCUT2D eigenvalue weighted by atomic mass is 10.2. The molecule has 2 aromatic carbocycles. The summed E-state index contributed by atoms with van der Waals surface area (Å²) in [6, 6.07) is 15.9. The molecule has 0 atom stereocenters. The van der Waals surface area contributed by atoms with Crippen LogP contribution in [0, 0.1) is 0 Å². The first-order valence-electron chi connectivity index (χ1n) is 7.30. The first kappa shape index (κ1) is 17.2. The van der Waals surface area contributed by atoms with E-state index in [1.807, 2.05) is 18.2 Å². The summed E-state index contributed by atoms with van der Waals surface area (Å²) in [6.07, 6.45) is 2.70. The van der Waals surface area contributed by atoms with Gasteiger partial charge in [-0.05, 0) is 29.8 Å². The topological polar surface area (TPSA) is 81.2 Å². The second-order valence-corrected chi connectivity index (χ2v) is 7.32. The average Bonchev–Trinajstić information content (AvgIpc) is 2.57. The third-order valence-corrected chi connectivity index (χ3v) is 4.59. The van der Waals surface area contributed by atoms with Crippen molar-refractivity contribution < 1.29 is 13.2 Å². The number of halogens is 1. The van der Waals surface area contributed by atoms with Gasteiger partial charge in [0, 0.05) is 5.02 Å². The molecule has 0 saturated heterocycles. The molecule has 8 heteroatoms. The molecule has 0 unspecified atom stereocenters. The van der Waals surface area contributed by atoms with E-state index in [1.165, 1.54) is 12.4 Å². The third kappa shape index (κ3) is 5.17. The highest BCUT2D eigenvalue weighted by Crippen LogP contribution is 2.19. The monoisotopic (exact) mass is 375 g/mol. The third-order valence-electron chi connectivity index (χ3n) is 3.10. The van der Waals surface area contributed by atoms with Crippen molar-refractivity contribution in [2.45, 2.75) is 5.75 Å². The Morgan fingerprint density at radius 2 is 1.72 bits per heavy atom. The number of sulfonamides is 1. The molecule has 25 heavy (non-hydrogen) atoms. The fourth-order valence-electron chi connectivity index (χ4n) is 2.08. The summed E-state index contributed by atoms with van der Waals surface area (Å²) >= 11 is 5.87. The van der Waals surface area contributed by atoms with Gasteiger partial charge in [0.1, 0.15) is 5.75 Å². The predicted octanol–water partition coefficient (Wildman–Crippen LogP) is 3.86. The maximum Gasteiger partial charge on any atom is 0.322 e. The molecule has 0 radical (unpaired) electrons. The van der Waals surface area contributed by atoms with Crippen molar-refractivity contribution in [3.63, 3.8) is 0 Å². The molecule has 0 fully saturated rings. The van der Waals surface area contributed by atoms with Gasteiger partial charge >= 0.3 is 6.01 Å². The second-order valence-electron chi connectivity index (χ2n) is 5.16. The summed E-state index contributed by atoms with van der Waals surface area (Å²) < 4.78 is 32.3. The molecule has 0 aliphatic heterocycles. The number of aromatic nitrogens is 2. The van der Waals surface area contributed by atoms with Crippen LogP contribution < -0.4 is 9.46 Å². The molecule has 1 N–H and O–H groups in total. The number of nitrogens with one attached hydrogen (secondary N) is 1. The minimum Gasteiger partial charge on any atom is -0.424 e. The van der Waals surface area contributed by atoms with Gasteiger partial charge in [-0.2, -0.15) is 0 Å². The highest BCUT2D eigenvalue weighted by molar-refractivity contribution is 7.91. The SMILES string of the molecule is O=S(=O)(Cc1cccc(Cl)c1)Nc1cnc(Oc2ccccc2)nc1. The van der Waals surface area contributed by atoms with Crippen LogP contribution in [0.4, 0.5) is 5.69 Å². The first-order valence-corrected chi connectivity index (χ1v) is 9.33. The molecule has 3 rings (SSSR count). The van der Waals surface area contributed by atoms with E-state index < -0.39 is 10.0 Å². The Bertz CT molecular complexity index is 948. The van der Waals surface area contributed by atoms with E-state index in [1.54, 1.807) is 36.4 Å². The lowest BCUT2D eigenvalue weighted by Gasteiger charge is -2.08. The lowest BCUT2D eigenvalue weighted by Crippen LogP contribution is -2.15. The summed E-state index contributed by atoms with van der Waals surface area (Å²) in [4.78, 5) is 8.00. The van der Waals surface area contributed by atoms with Gasteiger partial charge in [-0.1, -0.05) is 41.9 Å². The predicted molar refractivity (Wildman–Crippen MR) is 96.2 cm³/mol. The molecule has 1 heterocycles. The van der Waals surface area contributed by atoms with Crippen molar-refractivity contribution >= 4 is 27.3 Å². The molecule has 1 aromatic heterocycles. The molecule has 0 amide bonds. The van der Waals surface area contributed by atoms with E-state index in [0.29, 0.717) is 16.3 Å². The molecular weight excluding hydrogens is 362 g/mol. The second kappa shape index (κ2) is 7.50. The zero-order valence-electron chi connectivity index (χ0n) is 13.0. The first-order chi connectivity index (χ1) is 12.0. The van der Waals surface area contributed by atoms with Gasteiger partial charge in [-0.15, -0.1) is 0 Å². The van der Waals surface area contributed by atoms with Crippen LogP contribution in [0.3, 0.4) is 0 Å². The van der Waals surface area contributed by atoms with Gasteiger partial charge in [0.05, 0.1) is 23.8 Å². The van der Waals surface area contributed by atoms with Crippen LogP contribution >= 0.6 is 11.6 Å². The molecule has 0 spiro atoms. The van der Waals surface area contributed by atoms with Crippen LogP contribution in [0.1, 0.15) is 5.56 Å². The molecule has 3 aromatic rings. The molecule has 0 bridgehead atoms. The Balaban J connectivity index is 1.66. The number of hydrogen-bond donors (Lipinski definition) is 1. The van der Waals surface area contributed by atoms with E-state index >= 15 is 0 Å². The van der Waals surface area contributed by atoms with Crippen LogP contribution in [-0.2, 0) is 15.8 Å². The molecule has 128 valence electrons. The van der Waals surface area contributed by atoms with Crippen molar-refractivity contribution in [1.82, 2.24) is 9.97 Å². The van der Waals surface area contributed by atoms with Gasteiger partial charge in [-0.3, -0.25) is 4.72 Å². The van der Waals surface area contributed by atoms with E-state index in [4.69, 9.17) is 16.3 Å². The molecule has 0 saturated carbocycles. The zero-order chi connectivity index (χ0) is 17.7. The maximum atomic E-state index is 12.2. The van der Waals surface area contributed by atoms with Crippen LogP contribution in [0.5, 0.6) is 11.8 Å². The molecule has 6 nitrogen and oxygen atoms in total. The van der Waals surface area contributed by atoms with Crippen LogP contribution in [0.2, 0.25) is 5.02 Å². The Kier molecular flexibility index (Phi) is 5.16. The maximum absolute atomic E-state index is 12.2. The van der Waals surface area contributed by atoms with Gasteiger partial charge in [0.25, 0.3) is 0 Å².